The highest BCUT2D eigenvalue weighted by atomic mass is 32.7. The molecule has 1 spiro atoms. The molecule has 2 radical (unpaired) electrons. The Morgan fingerprint density at radius 1 is 1.41 bits per heavy atom. The predicted octanol–water partition coefficient (Wildman–Crippen LogP) is 3.86. The zero-order chi connectivity index (χ0) is 17.0. The Morgan fingerprint density at radius 3 is 2.45 bits per heavy atom. The summed E-state index contributed by atoms with van der Waals surface area (Å²) in [7, 11) is 4.31. The molecule has 2 unspecified atom stereocenters. The molecule has 0 bridgehead atoms. The van der Waals surface area contributed by atoms with E-state index in [1.807, 2.05) is 0 Å². The first-order valence-corrected chi connectivity index (χ1v) is 14.3. The van der Waals surface area contributed by atoms with Crippen molar-refractivity contribution in [3.05, 3.63) is 0 Å². The van der Waals surface area contributed by atoms with Gasteiger partial charge < -0.3 is 13.7 Å². The SMILES string of the molecule is [B][C@@H]1O[C@]2(COP(C)(=O)SC2)C(C)[C@@H]1O[Si](C)(C)C(C)(C)C. The molecule has 2 heterocycles. The second kappa shape index (κ2) is 5.92. The Bertz CT molecular complexity index is 470. The number of hydrogen-bond acceptors (Lipinski definition) is 5. The van der Waals surface area contributed by atoms with Crippen LogP contribution in [-0.2, 0) is 18.3 Å². The molecule has 0 saturated carbocycles. The molecule has 0 aliphatic carbocycles. The summed E-state index contributed by atoms with van der Waals surface area (Å²) in [6.45, 7) is 12.7. The van der Waals surface area contributed by atoms with Gasteiger partial charge in [0.1, 0.15) is 13.4 Å². The van der Waals surface area contributed by atoms with Crippen LogP contribution in [0.5, 0.6) is 0 Å². The highest BCUT2D eigenvalue weighted by Gasteiger charge is 2.56. The van der Waals surface area contributed by atoms with Crippen molar-refractivity contribution in [2.45, 2.75) is 63.5 Å². The van der Waals surface area contributed by atoms with E-state index in [9.17, 15) is 4.57 Å². The van der Waals surface area contributed by atoms with E-state index in [4.69, 9.17) is 21.5 Å². The van der Waals surface area contributed by atoms with E-state index >= 15 is 0 Å². The van der Waals surface area contributed by atoms with Gasteiger partial charge in [-0.2, -0.15) is 0 Å². The van der Waals surface area contributed by atoms with E-state index in [1.165, 1.54) is 11.4 Å². The fourth-order valence-corrected chi connectivity index (χ4v) is 7.09. The molecule has 5 atom stereocenters. The van der Waals surface area contributed by atoms with Gasteiger partial charge in [0.15, 0.2) is 8.32 Å². The van der Waals surface area contributed by atoms with Gasteiger partial charge in [-0.3, -0.25) is 4.57 Å². The Hall–Kier alpha value is 0.742. The summed E-state index contributed by atoms with van der Waals surface area (Å²) < 4.78 is 30.2. The van der Waals surface area contributed by atoms with Crippen LogP contribution in [-0.4, -0.2) is 52.9 Å². The van der Waals surface area contributed by atoms with Crippen LogP contribution < -0.4 is 0 Å². The molecule has 2 saturated heterocycles. The Balaban J connectivity index is 2.15. The molecule has 22 heavy (non-hydrogen) atoms. The van der Waals surface area contributed by atoms with Crippen molar-refractivity contribution in [2.24, 2.45) is 5.92 Å². The van der Waals surface area contributed by atoms with Gasteiger partial charge in [-0.1, -0.05) is 39.1 Å². The van der Waals surface area contributed by atoms with Crippen LogP contribution in [0.2, 0.25) is 18.1 Å². The summed E-state index contributed by atoms with van der Waals surface area (Å²) in [5, 5.41) is 0.124. The largest absolute Gasteiger partial charge is 0.412 e. The minimum absolute atomic E-state index is 0.115. The highest BCUT2D eigenvalue weighted by molar-refractivity contribution is 8.56. The molecular formula is C14H28BO4PSSi. The summed E-state index contributed by atoms with van der Waals surface area (Å²) >= 11 is 1.36. The van der Waals surface area contributed by atoms with Crippen LogP contribution in [0.25, 0.3) is 0 Å². The van der Waals surface area contributed by atoms with E-state index in [1.54, 1.807) is 6.66 Å². The fraction of sp³-hybridized carbons (Fsp3) is 1.00. The topological polar surface area (TPSA) is 44.8 Å². The quantitative estimate of drug-likeness (QED) is 0.551. The first-order chi connectivity index (χ1) is 9.80. The molecule has 2 aliphatic heterocycles. The lowest BCUT2D eigenvalue weighted by molar-refractivity contribution is -0.0445. The average molecular weight is 362 g/mol. The van der Waals surface area contributed by atoms with Gasteiger partial charge in [0.2, 0.25) is 0 Å². The van der Waals surface area contributed by atoms with Crippen LogP contribution >= 0.6 is 18.0 Å². The Labute approximate surface area is 141 Å². The predicted molar refractivity (Wildman–Crippen MR) is 96.5 cm³/mol. The third-order valence-electron chi connectivity index (χ3n) is 5.34. The maximum absolute atomic E-state index is 12.0. The van der Waals surface area contributed by atoms with Crippen LogP contribution in [0.1, 0.15) is 27.7 Å². The van der Waals surface area contributed by atoms with Gasteiger partial charge in [0, 0.05) is 24.3 Å². The van der Waals surface area contributed by atoms with Crippen molar-refractivity contribution in [3.8, 4) is 0 Å². The number of hydrogen-bond donors (Lipinski definition) is 0. The van der Waals surface area contributed by atoms with Gasteiger partial charge in [-0.05, 0) is 18.1 Å². The zero-order valence-electron chi connectivity index (χ0n) is 14.7. The molecule has 4 nitrogen and oxygen atoms in total. The van der Waals surface area contributed by atoms with E-state index in [2.05, 4.69) is 40.8 Å². The third kappa shape index (κ3) is 3.55. The highest BCUT2D eigenvalue weighted by Crippen LogP contribution is 2.63. The smallest absolute Gasteiger partial charge is 0.254 e. The van der Waals surface area contributed by atoms with Gasteiger partial charge in [0.05, 0.1) is 12.7 Å². The second-order valence-electron chi connectivity index (χ2n) is 8.10. The maximum Gasteiger partial charge on any atom is 0.254 e. The molecule has 0 aromatic rings. The van der Waals surface area contributed by atoms with Crippen molar-refractivity contribution in [1.29, 1.82) is 0 Å². The molecule has 0 N–H and O–H groups in total. The monoisotopic (exact) mass is 362 g/mol. The Morgan fingerprint density at radius 2 is 2.00 bits per heavy atom. The van der Waals surface area contributed by atoms with Crippen molar-refractivity contribution >= 4 is 34.1 Å². The first-order valence-electron chi connectivity index (χ1n) is 7.78. The summed E-state index contributed by atoms with van der Waals surface area (Å²) in [6.07, 6.45) is -0.139. The van der Waals surface area contributed by atoms with Crippen LogP contribution in [0, 0.1) is 5.92 Å². The normalized spacial score (nSPS) is 43.7. The van der Waals surface area contributed by atoms with E-state index in [-0.39, 0.29) is 17.1 Å². The van der Waals surface area contributed by atoms with Crippen molar-refractivity contribution in [1.82, 2.24) is 0 Å². The summed E-state index contributed by atoms with van der Waals surface area (Å²) in [5.74, 6) is 0.761. The lowest BCUT2D eigenvalue weighted by atomic mass is 9.84. The molecule has 0 aromatic heterocycles. The molecular weight excluding hydrogens is 334 g/mol. The summed E-state index contributed by atoms with van der Waals surface area (Å²) in [5.41, 5.74) is -0.485. The lowest BCUT2D eigenvalue weighted by Gasteiger charge is -2.42. The Kier molecular flexibility index (Phi) is 5.13. The van der Waals surface area contributed by atoms with Crippen molar-refractivity contribution in [3.63, 3.8) is 0 Å². The minimum Gasteiger partial charge on any atom is -0.412 e. The number of rotatable bonds is 2. The maximum atomic E-state index is 12.0. The van der Waals surface area contributed by atoms with E-state index in [0.29, 0.717) is 12.4 Å². The third-order valence-corrected chi connectivity index (χ3v) is 13.6. The molecule has 0 amide bonds. The molecule has 2 rings (SSSR count). The zero-order valence-corrected chi connectivity index (χ0v) is 17.4. The molecule has 2 aliphatic rings. The van der Waals surface area contributed by atoms with Crippen molar-refractivity contribution < 1.29 is 18.3 Å². The van der Waals surface area contributed by atoms with E-state index < -0.39 is 26.5 Å². The number of ether oxygens (including phenoxy) is 1. The summed E-state index contributed by atoms with van der Waals surface area (Å²) in [6, 6.07) is -0.456. The lowest BCUT2D eigenvalue weighted by Crippen LogP contribution is -2.50. The molecule has 2 fully saturated rings. The first kappa shape index (κ1) is 19.1. The van der Waals surface area contributed by atoms with Crippen LogP contribution in [0.15, 0.2) is 0 Å². The molecule has 126 valence electrons. The molecule has 0 aromatic carbocycles. The van der Waals surface area contributed by atoms with Gasteiger partial charge in [-0.15, -0.1) is 0 Å². The standard InChI is InChI=1S/C14H28BO4PSSi/c1-10-11(19-22(6,7)13(2,3)4)12(15)18-14(10)8-17-20(5,16)21-9-14/h10-12H,8-9H2,1-7H3/t10?,11-,12+,14-,20?/m0/s1. The van der Waals surface area contributed by atoms with Gasteiger partial charge >= 0.3 is 0 Å². The van der Waals surface area contributed by atoms with E-state index in [0.717, 1.165) is 0 Å². The summed E-state index contributed by atoms with van der Waals surface area (Å²) in [4.78, 5) is 0. The van der Waals surface area contributed by atoms with Gasteiger partial charge in [-0.25, -0.2) is 0 Å². The molecule has 8 heteroatoms. The van der Waals surface area contributed by atoms with Crippen molar-refractivity contribution in [2.75, 3.05) is 19.0 Å². The minimum atomic E-state index is -2.53. The van der Waals surface area contributed by atoms with Crippen LogP contribution in [0.4, 0.5) is 0 Å². The fourth-order valence-electron chi connectivity index (χ4n) is 2.58. The van der Waals surface area contributed by atoms with Gasteiger partial charge in [0.25, 0.3) is 6.57 Å². The van der Waals surface area contributed by atoms with Crippen LogP contribution in [0.3, 0.4) is 0 Å². The average Bonchev–Trinajstić information content (AvgIpc) is 2.57. The second-order valence-corrected chi connectivity index (χ2v) is 18.0.